The van der Waals surface area contributed by atoms with Crippen molar-refractivity contribution in [2.45, 2.75) is 31.7 Å². The van der Waals surface area contributed by atoms with Crippen molar-refractivity contribution in [2.75, 3.05) is 5.73 Å². The molecular weight excluding hydrogens is 196 g/mol. The Hall–Kier alpha value is -1.10. The predicted molar refractivity (Wildman–Crippen MR) is 60.0 cm³/mol. The van der Waals surface area contributed by atoms with Gasteiger partial charge in [0.2, 0.25) is 0 Å². The molecule has 0 amide bonds. The van der Waals surface area contributed by atoms with E-state index in [0.717, 1.165) is 0 Å². The number of thiocarbonyl (C=S) groups is 1. The summed E-state index contributed by atoms with van der Waals surface area (Å²) >= 11 is 4.88. The smallest absolute Gasteiger partial charge is 0.155 e. The molecule has 0 saturated heterocycles. The van der Waals surface area contributed by atoms with Crippen molar-refractivity contribution in [1.82, 2.24) is 9.78 Å². The van der Waals surface area contributed by atoms with Crippen LogP contribution in [0.1, 0.15) is 37.3 Å². The molecule has 1 aromatic heterocycles. The molecule has 1 aliphatic carbocycles. The van der Waals surface area contributed by atoms with Gasteiger partial charge >= 0.3 is 0 Å². The van der Waals surface area contributed by atoms with E-state index < -0.39 is 0 Å². The highest BCUT2D eigenvalue weighted by Gasteiger charge is 2.19. The van der Waals surface area contributed by atoms with E-state index in [0.29, 0.717) is 22.4 Å². The minimum atomic E-state index is 0.326. The molecule has 0 spiro atoms. The van der Waals surface area contributed by atoms with Crippen LogP contribution >= 0.6 is 12.2 Å². The summed E-state index contributed by atoms with van der Waals surface area (Å²) in [5.41, 5.74) is 11.9. The number of hydrogen-bond donors (Lipinski definition) is 2. The third-order valence-corrected chi connectivity index (χ3v) is 2.94. The van der Waals surface area contributed by atoms with Gasteiger partial charge in [-0.25, -0.2) is 0 Å². The molecular formula is C9H14N4S. The van der Waals surface area contributed by atoms with E-state index in [2.05, 4.69) is 5.10 Å². The minimum absolute atomic E-state index is 0.326. The molecule has 4 N–H and O–H groups in total. The Morgan fingerprint density at radius 1 is 1.50 bits per heavy atom. The Kier molecular flexibility index (Phi) is 2.41. The second-order valence-electron chi connectivity index (χ2n) is 3.71. The molecule has 1 saturated carbocycles. The normalized spacial score (nSPS) is 17.4. The number of hydrogen-bond acceptors (Lipinski definition) is 3. The van der Waals surface area contributed by atoms with Crippen molar-refractivity contribution in [1.29, 1.82) is 0 Å². The molecule has 1 aromatic rings. The topological polar surface area (TPSA) is 69.9 Å². The van der Waals surface area contributed by atoms with Crippen LogP contribution in [0.5, 0.6) is 0 Å². The molecule has 0 atom stereocenters. The molecule has 0 radical (unpaired) electrons. The average molecular weight is 210 g/mol. The summed E-state index contributed by atoms with van der Waals surface area (Å²) in [5.74, 6) is 0.449. The van der Waals surface area contributed by atoms with E-state index in [1.54, 1.807) is 0 Å². The number of anilines is 1. The van der Waals surface area contributed by atoms with Crippen molar-refractivity contribution in [3.8, 4) is 0 Å². The minimum Gasteiger partial charge on any atom is -0.389 e. The van der Waals surface area contributed by atoms with Gasteiger partial charge in [-0.2, -0.15) is 5.10 Å². The van der Waals surface area contributed by atoms with Gasteiger partial charge in [-0.15, -0.1) is 0 Å². The number of nitrogens with zero attached hydrogens (tertiary/aromatic N) is 2. The summed E-state index contributed by atoms with van der Waals surface area (Å²) in [5, 5.41) is 4.24. The molecule has 0 aliphatic heterocycles. The van der Waals surface area contributed by atoms with Crippen molar-refractivity contribution in [3.05, 3.63) is 11.8 Å². The number of nitrogen functional groups attached to an aromatic ring is 1. The van der Waals surface area contributed by atoms with Crippen molar-refractivity contribution in [3.63, 3.8) is 0 Å². The maximum atomic E-state index is 5.71. The van der Waals surface area contributed by atoms with Crippen LogP contribution in [0.3, 0.4) is 0 Å². The zero-order valence-electron chi connectivity index (χ0n) is 7.94. The van der Waals surface area contributed by atoms with Crippen LogP contribution in [-0.2, 0) is 0 Å². The Morgan fingerprint density at radius 2 is 2.14 bits per heavy atom. The van der Waals surface area contributed by atoms with Crippen LogP contribution in [0.4, 0.5) is 5.82 Å². The lowest BCUT2D eigenvalue weighted by molar-refractivity contribution is 0.468. The third-order valence-electron chi connectivity index (χ3n) is 2.72. The first-order valence-corrected chi connectivity index (χ1v) is 5.23. The van der Waals surface area contributed by atoms with Crippen molar-refractivity contribution < 1.29 is 0 Å². The quantitative estimate of drug-likeness (QED) is 0.720. The molecule has 0 aromatic carbocycles. The summed E-state index contributed by atoms with van der Waals surface area (Å²) in [4.78, 5) is 0.326. The summed E-state index contributed by atoms with van der Waals surface area (Å²) in [6, 6.07) is 0.486. The molecule has 2 rings (SSSR count). The highest BCUT2D eigenvalue weighted by Crippen LogP contribution is 2.29. The first kappa shape index (κ1) is 9.45. The van der Waals surface area contributed by atoms with Crippen LogP contribution < -0.4 is 11.5 Å². The van der Waals surface area contributed by atoms with Gasteiger partial charge in [-0.3, -0.25) is 4.68 Å². The van der Waals surface area contributed by atoms with Gasteiger partial charge in [-0.1, -0.05) is 25.1 Å². The molecule has 1 aliphatic rings. The fourth-order valence-electron chi connectivity index (χ4n) is 1.95. The van der Waals surface area contributed by atoms with Gasteiger partial charge in [-0.05, 0) is 12.8 Å². The van der Waals surface area contributed by atoms with E-state index in [9.17, 15) is 0 Å². The van der Waals surface area contributed by atoms with E-state index in [1.807, 2.05) is 10.9 Å². The SMILES string of the molecule is NC(=S)c1cn(C2CCCC2)nc1N. The molecule has 5 heteroatoms. The van der Waals surface area contributed by atoms with Crippen LogP contribution in [0, 0.1) is 0 Å². The van der Waals surface area contributed by atoms with Gasteiger partial charge in [0.15, 0.2) is 5.82 Å². The Labute approximate surface area is 88.3 Å². The van der Waals surface area contributed by atoms with E-state index in [1.165, 1.54) is 25.7 Å². The molecule has 1 heterocycles. The molecule has 76 valence electrons. The van der Waals surface area contributed by atoms with E-state index >= 15 is 0 Å². The van der Waals surface area contributed by atoms with Gasteiger partial charge in [0.05, 0.1) is 11.6 Å². The lowest BCUT2D eigenvalue weighted by Gasteiger charge is -2.08. The first-order valence-electron chi connectivity index (χ1n) is 4.83. The van der Waals surface area contributed by atoms with Crippen LogP contribution in [0.2, 0.25) is 0 Å². The monoisotopic (exact) mass is 210 g/mol. The van der Waals surface area contributed by atoms with E-state index in [-0.39, 0.29) is 0 Å². The summed E-state index contributed by atoms with van der Waals surface area (Å²) < 4.78 is 1.91. The number of aromatic nitrogens is 2. The molecule has 4 nitrogen and oxygen atoms in total. The zero-order chi connectivity index (χ0) is 10.1. The molecule has 0 unspecified atom stereocenters. The van der Waals surface area contributed by atoms with Crippen molar-refractivity contribution >= 4 is 23.0 Å². The highest BCUT2D eigenvalue weighted by molar-refractivity contribution is 7.80. The standard InChI is InChI=1S/C9H14N4S/c10-8-7(9(11)14)5-13(12-8)6-3-1-2-4-6/h5-6H,1-4H2,(H2,10,12)(H2,11,14). The van der Waals surface area contributed by atoms with Crippen molar-refractivity contribution in [2.24, 2.45) is 5.73 Å². The fraction of sp³-hybridized carbons (Fsp3) is 0.556. The van der Waals surface area contributed by atoms with Gasteiger partial charge in [0.25, 0.3) is 0 Å². The van der Waals surface area contributed by atoms with Gasteiger partial charge < -0.3 is 11.5 Å². The molecule has 0 bridgehead atoms. The summed E-state index contributed by atoms with van der Waals surface area (Å²) in [6.07, 6.45) is 6.77. The third kappa shape index (κ3) is 1.59. The van der Waals surface area contributed by atoms with Gasteiger partial charge in [0.1, 0.15) is 4.99 Å². The Balaban J connectivity index is 2.27. The second-order valence-corrected chi connectivity index (χ2v) is 4.15. The lowest BCUT2D eigenvalue weighted by Crippen LogP contribution is -2.10. The predicted octanol–water partition coefficient (Wildman–Crippen LogP) is 1.21. The van der Waals surface area contributed by atoms with Crippen LogP contribution in [0.25, 0.3) is 0 Å². The molecule has 14 heavy (non-hydrogen) atoms. The summed E-state index contributed by atoms with van der Waals surface area (Å²) in [6.45, 7) is 0. The Bertz CT molecular complexity index is 352. The van der Waals surface area contributed by atoms with E-state index in [4.69, 9.17) is 23.7 Å². The molecule has 1 fully saturated rings. The summed E-state index contributed by atoms with van der Waals surface area (Å²) in [7, 11) is 0. The van der Waals surface area contributed by atoms with Gasteiger partial charge in [0, 0.05) is 6.20 Å². The largest absolute Gasteiger partial charge is 0.389 e. The zero-order valence-corrected chi connectivity index (χ0v) is 8.76. The number of nitrogens with two attached hydrogens (primary N) is 2. The first-order chi connectivity index (χ1) is 6.68. The van der Waals surface area contributed by atoms with Crippen LogP contribution in [-0.4, -0.2) is 14.8 Å². The Morgan fingerprint density at radius 3 is 2.64 bits per heavy atom. The highest BCUT2D eigenvalue weighted by atomic mass is 32.1. The average Bonchev–Trinajstić information content (AvgIpc) is 2.70. The maximum Gasteiger partial charge on any atom is 0.155 e. The fourth-order valence-corrected chi connectivity index (χ4v) is 2.11. The second kappa shape index (κ2) is 3.57. The number of rotatable bonds is 2. The maximum absolute atomic E-state index is 5.71. The van der Waals surface area contributed by atoms with Crippen LogP contribution in [0.15, 0.2) is 6.20 Å². The lowest BCUT2D eigenvalue weighted by atomic mass is 10.2.